The molecule has 4 rings (SSSR count). The fourth-order valence-corrected chi connectivity index (χ4v) is 3.94. The first-order valence-corrected chi connectivity index (χ1v) is 10.7. The second-order valence-electron chi connectivity index (χ2n) is 6.36. The van der Waals surface area contributed by atoms with Crippen molar-refractivity contribution in [3.05, 3.63) is 75.7 Å². The molecule has 142 valence electrons. The monoisotopic (exact) mass is 409 g/mol. The Labute approximate surface area is 171 Å². The molecule has 2 aromatic heterocycles. The third-order valence-corrected chi connectivity index (χ3v) is 5.75. The molecule has 0 aliphatic heterocycles. The Hall–Kier alpha value is -2.64. The van der Waals surface area contributed by atoms with Crippen LogP contribution in [-0.4, -0.2) is 15.2 Å². The van der Waals surface area contributed by atoms with Gasteiger partial charge in [-0.25, -0.2) is 4.98 Å². The highest BCUT2D eigenvalue weighted by molar-refractivity contribution is 7.98. The Morgan fingerprint density at radius 3 is 2.43 bits per heavy atom. The first kappa shape index (κ1) is 18.7. The maximum atomic E-state index is 5.78. The quantitative estimate of drug-likeness (QED) is 0.366. The van der Waals surface area contributed by atoms with Gasteiger partial charge in [0, 0.05) is 16.7 Å². The first-order chi connectivity index (χ1) is 13.7. The molecule has 0 aliphatic rings. The lowest BCUT2D eigenvalue weighted by atomic mass is 10.1. The summed E-state index contributed by atoms with van der Waals surface area (Å²) < 4.78 is 11.5. The number of benzene rings is 2. The Balaban J connectivity index is 1.31. The third kappa shape index (κ3) is 4.79. The van der Waals surface area contributed by atoms with Gasteiger partial charge in [0.05, 0.1) is 5.69 Å². The van der Waals surface area contributed by atoms with Crippen LogP contribution in [0.2, 0.25) is 0 Å². The van der Waals surface area contributed by atoms with Gasteiger partial charge in [-0.15, -0.1) is 21.5 Å². The van der Waals surface area contributed by atoms with Gasteiger partial charge in [-0.1, -0.05) is 47.2 Å². The normalized spacial score (nSPS) is 10.9. The number of aryl methyl sites for hydroxylation is 2. The van der Waals surface area contributed by atoms with Crippen LogP contribution >= 0.6 is 23.1 Å². The highest BCUT2D eigenvalue weighted by Gasteiger charge is 2.10. The highest BCUT2D eigenvalue weighted by Crippen LogP contribution is 2.26. The van der Waals surface area contributed by atoms with E-state index < -0.39 is 0 Å². The molecule has 0 spiro atoms. The molecule has 2 heterocycles. The molecule has 2 aromatic carbocycles. The standard InChI is InChI=1S/C21H19N3O2S2/c1-14-3-7-16(8-4-14)20-23-24-21(26-20)28-13-17-12-27-19(22-17)11-25-18-9-5-15(2)6-10-18/h3-10,12H,11,13H2,1-2H3. The maximum absolute atomic E-state index is 5.78. The number of hydrogen-bond donors (Lipinski definition) is 0. The Morgan fingerprint density at radius 1 is 0.964 bits per heavy atom. The van der Waals surface area contributed by atoms with Crippen molar-refractivity contribution in [3.63, 3.8) is 0 Å². The van der Waals surface area contributed by atoms with E-state index in [2.05, 4.69) is 22.1 Å². The fraction of sp³-hybridized carbons (Fsp3) is 0.190. The van der Waals surface area contributed by atoms with Crippen LogP contribution in [0.3, 0.4) is 0 Å². The van der Waals surface area contributed by atoms with Crippen LogP contribution < -0.4 is 4.74 Å². The summed E-state index contributed by atoms with van der Waals surface area (Å²) in [6.07, 6.45) is 0. The molecule has 4 aromatic rings. The second-order valence-corrected chi connectivity index (χ2v) is 8.23. The van der Waals surface area contributed by atoms with Crippen LogP contribution in [0.25, 0.3) is 11.5 Å². The molecule has 7 heteroatoms. The molecule has 0 fully saturated rings. The fourth-order valence-electron chi connectivity index (χ4n) is 2.48. The van der Waals surface area contributed by atoms with Crippen LogP contribution in [0.15, 0.2) is 63.6 Å². The van der Waals surface area contributed by atoms with Gasteiger partial charge in [-0.2, -0.15) is 0 Å². The van der Waals surface area contributed by atoms with Crippen molar-refractivity contribution >= 4 is 23.1 Å². The number of thioether (sulfide) groups is 1. The van der Waals surface area contributed by atoms with Crippen molar-refractivity contribution in [1.29, 1.82) is 0 Å². The van der Waals surface area contributed by atoms with Crippen LogP contribution in [-0.2, 0) is 12.4 Å². The molecule has 0 aliphatic carbocycles. The predicted molar refractivity (Wildman–Crippen MR) is 112 cm³/mol. The van der Waals surface area contributed by atoms with Gasteiger partial charge in [0.15, 0.2) is 0 Å². The summed E-state index contributed by atoms with van der Waals surface area (Å²) >= 11 is 3.08. The molecule has 5 nitrogen and oxygen atoms in total. The first-order valence-electron chi connectivity index (χ1n) is 8.82. The molecule has 0 N–H and O–H groups in total. The van der Waals surface area contributed by atoms with E-state index in [1.54, 1.807) is 11.3 Å². The van der Waals surface area contributed by atoms with Crippen molar-refractivity contribution in [2.24, 2.45) is 0 Å². The number of ether oxygens (including phenoxy) is 1. The second kappa shape index (κ2) is 8.58. The van der Waals surface area contributed by atoms with Crippen LogP contribution in [0.1, 0.15) is 21.8 Å². The zero-order chi connectivity index (χ0) is 19.3. The SMILES string of the molecule is Cc1ccc(OCc2nc(CSc3nnc(-c4ccc(C)cc4)o3)cs2)cc1. The topological polar surface area (TPSA) is 61.0 Å². The number of thiazole rings is 1. The van der Waals surface area contributed by atoms with Crippen molar-refractivity contribution in [3.8, 4) is 17.2 Å². The smallest absolute Gasteiger partial charge is 0.277 e. The van der Waals surface area contributed by atoms with Crippen LogP contribution in [0, 0.1) is 13.8 Å². The molecule has 0 unspecified atom stereocenters. The average Bonchev–Trinajstić information content (AvgIpc) is 3.36. The Kier molecular flexibility index (Phi) is 5.73. The molecular formula is C21H19N3O2S2. The van der Waals surface area contributed by atoms with Crippen molar-refractivity contribution in [1.82, 2.24) is 15.2 Å². The lowest BCUT2D eigenvalue weighted by Gasteiger charge is -2.03. The summed E-state index contributed by atoms with van der Waals surface area (Å²) in [6, 6.07) is 16.0. The van der Waals surface area contributed by atoms with Crippen molar-refractivity contribution < 1.29 is 9.15 Å². The molecule has 0 saturated heterocycles. The number of aromatic nitrogens is 3. The van der Waals surface area contributed by atoms with E-state index in [-0.39, 0.29) is 0 Å². The zero-order valence-electron chi connectivity index (χ0n) is 15.6. The summed E-state index contributed by atoms with van der Waals surface area (Å²) in [5.41, 5.74) is 4.32. The Morgan fingerprint density at radius 2 is 1.68 bits per heavy atom. The number of rotatable bonds is 7. The largest absolute Gasteiger partial charge is 0.486 e. The predicted octanol–water partition coefficient (Wildman–Crippen LogP) is 5.68. The van der Waals surface area contributed by atoms with E-state index in [1.165, 1.54) is 22.9 Å². The maximum Gasteiger partial charge on any atom is 0.277 e. The molecular weight excluding hydrogens is 390 g/mol. The highest BCUT2D eigenvalue weighted by atomic mass is 32.2. The average molecular weight is 410 g/mol. The zero-order valence-corrected chi connectivity index (χ0v) is 17.2. The van der Waals surface area contributed by atoms with Crippen LogP contribution in [0.4, 0.5) is 0 Å². The summed E-state index contributed by atoms with van der Waals surface area (Å²) in [6.45, 7) is 4.57. The summed E-state index contributed by atoms with van der Waals surface area (Å²) in [7, 11) is 0. The minimum absolute atomic E-state index is 0.469. The molecule has 28 heavy (non-hydrogen) atoms. The van der Waals surface area contributed by atoms with Crippen molar-refractivity contribution in [2.45, 2.75) is 31.4 Å². The van der Waals surface area contributed by atoms with Gasteiger partial charge in [0.1, 0.15) is 17.4 Å². The van der Waals surface area contributed by atoms with Gasteiger partial charge >= 0.3 is 0 Å². The molecule has 0 amide bonds. The molecule has 0 atom stereocenters. The Bertz CT molecular complexity index is 1040. The van der Waals surface area contributed by atoms with E-state index in [1.807, 2.05) is 60.8 Å². The lowest BCUT2D eigenvalue weighted by molar-refractivity contribution is 0.305. The lowest BCUT2D eigenvalue weighted by Crippen LogP contribution is -1.95. The van der Waals surface area contributed by atoms with Gasteiger partial charge in [-0.3, -0.25) is 0 Å². The molecule has 0 radical (unpaired) electrons. The molecule has 0 bridgehead atoms. The van der Waals surface area contributed by atoms with E-state index in [9.17, 15) is 0 Å². The van der Waals surface area contributed by atoms with Gasteiger partial charge in [0.2, 0.25) is 5.89 Å². The summed E-state index contributed by atoms with van der Waals surface area (Å²) in [4.78, 5) is 4.62. The van der Waals surface area contributed by atoms with Crippen molar-refractivity contribution in [2.75, 3.05) is 0 Å². The van der Waals surface area contributed by atoms with E-state index >= 15 is 0 Å². The summed E-state index contributed by atoms with van der Waals surface area (Å²) in [5.74, 6) is 2.07. The minimum Gasteiger partial charge on any atom is -0.486 e. The summed E-state index contributed by atoms with van der Waals surface area (Å²) in [5, 5.41) is 11.8. The van der Waals surface area contributed by atoms with E-state index in [0.29, 0.717) is 23.5 Å². The van der Waals surface area contributed by atoms with Gasteiger partial charge < -0.3 is 9.15 Å². The van der Waals surface area contributed by atoms with E-state index in [0.717, 1.165) is 22.0 Å². The number of nitrogens with zero attached hydrogens (tertiary/aromatic N) is 3. The number of hydrogen-bond acceptors (Lipinski definition) is 7. The minimum atomic E-state index is 0.469. The van der Waals surface area contributed by atoms with E-state index in [4.69, 9.17) is 9.15 Å². The third-order valence-electron chi connectivity index (χ3n) is 4.03. The van der Waals surface area contributed by atoms with Gasteiger partial charge in [0.25, 0.3) is 5.22 Å². The molecule has 0 saturated carbocycles. The van der Waals surface area contributed by atoms with Crippen LogP contribution in [0.5, 0.6) is 5.75 Å². The van der Waals surface area contributed by atoms with Gasteiger partial charge in [-0.05, 0) is 38.1 Å².